The van der Waals surface area contributed by atoms with Crippen LogP contribution in [-0.4, -0.2) is 56.5 Å². The molecule has 1 fully saturated rings. The molecule has 0 bridgehead atoms. The highest BCUT2D eigenvalue weighted by Crippen LogP contribution is 2.51. The smallest absolute Gasteiger partial charge is 0.353 e. The van der Waals surface area contributed by atoms with Crippen LogP contribution < -0.4 is 5.73 Å². The third-order valence-electron chi connectivity index (χ3n) is 3.50. The summed E-state index contributed by atoms with van der Waals surface area (Å²) < 4.78 is 0. The number of hydrogen-bond donors (Lipinski definition) is 3. The monoisotopic (exact) mass is 318 g/mol. The van der Waals surface area contributed by atoms with Crippen molar-refractivity contribution < 1.29 is 19.8 Å². The molecule has 8 heteroatoms. The summed E-state index contributed by atoms with van der Waals surface area (Å²) in [5, 5.41) is 18.6. The molecule has 1 saturated heterocycles. The third kappa shape index (κ3) is 2.45. The number of nitrogens with two attached hydrogens (primary N) is 1. The molecule has 4 atom stereocenters. The molecule has 2 rings (SSSR count). The lowest BCUT2D eigenvalue weighted by Crippen LogP contribution is -2.60. The van der Waals surface area contributed by atoms with Crippen molar-refractivity contribution >= 4 is 35.4 Å². The van der Waals surface area contributed by atoms with E-state index in [0.717, 1.165) is 5.75 Å². The van der Waals surface area contributed by atoms with Crippen molar-refractivity contribution in [2.24, 2.45) is 11.7 Å². The Morgan fingerprint density at radius 1 is 1.60 bits per heavy atom. The van der Waals surface area contributed by atoms with Gasteiger partial charge in [-0.3, -0.25) is 9.69 Å². The maximum absolute atomic E-state index is 12.0. The lowest BCUT2D eigenvalue weighted by molar-refractivity contribution is -0.156. The molecular formula is C12H18N2O4S2. The average Bonchev–Trinajstić information content (AvgIpc) is 2.70. The quantitative estimate of drug-likeness (QED) is 0.604. The molecule has 2 heterocycles. The van der Waals surface area contributed by atoms with Gasteiger partial charge in [0.25, 0.3) is 0 Å². The molecule has 1 unspecified atom stereocenters. The highest BCUT2D eigenvalue weighted by molar-refractivity contribution is 8.04. The highest BCUT2D eigenvalue weighted by atomic mass is 32.2. The summed E-state index contributed by atoms with van der Waals surface area (Å²) in [4.78, 5) is 25.2. The number of hydrogen-bond acceptors (Lipinski definition) is 6. The maximum atomic E-state index is 12.0. The van der Waals surface area contributed by atoms with E-state index in [1.807, 2.05) is 6.26 Å². The highest BCUT2D eigenvalue weighted by Gasteiger charge is 2.58. The first-order valence-corrected chi connectivity index (χ1v) is 8.57. The van der Waals surface area contributed by atoms with Crippen molar-refractivity contribution in [3.8, 4) is 0 Å². The first-order valence-electron chi connectivity index (χ1n) is 6.30. The van der Waals surface area contributed by atoms with Crippen LogP contribution >= 0.6 is 23.5 Å². The van der Waals surface area contributed by atoms with Crippen LogP contribution in [0.5, 0.6) is 0 Å². The zero-order valence-electron chi connectivity index (χ0n) is 11.3. The largest absolute Gasteiger partial charge is 0.477 e. The van der Waals surface area contributed by atoms with Crippen molar-refractivity contribution in [1.82, 2.24) is 4.90 Å². The predicted molar refractivity (Wildman–Crippen MR) is 79.0 cm³/mol. The Morgan fingerprint density at radius 3 is 2.75 bits per heavy atom. The first kappa shape index (κ1) is 15.7. The van der Waals surface area contributed by atoms with Gasteiger partial charge in [0, 0.05) is 10.9 Å². The van der Waals surface area contributed by atoms with E-state index in [-0.39, 0.29) is 23.0 Å². The Bertz CT molecular complexity index is 466. The normalized spacial score (nSPS) is 28.2. The van der Waals surface area contributed by atoms with Crippen LogP contribution in [0.15, 0.2) is 10.6 Å². The van der Waals surface area contributed by atoms with Crippen molar-refractivity contribution in [1.29, 1.82) is 0 Å². The molecule has 0 saturated carbocycles. The Morgan fingerprint density at radius 2 is 2.25 bits per heavy atom. The fourth-order valence-electron chi connectivity index (χ4n) is 2.45. The molecule has 2 aliphatic rings. The van der Waals surface area contributed by atoms with Gasteiger partial charge in [-0.05, 0) is 25.4 Å². The number of nitrogens with zero attached hydrogens (tertiary/aromatic N) is 1. The summed E-state index contributed by atoms with van der Waals surface area (Å²) in [5.74, 6) is -1.18. The van der Waals surface area contributed by atoms with E-state index in [1.54, 1.807) is 18.7 Å². The van der Waals surface area contributed by atoms with Gasteiger partial charge in [-0.25, -0.2) is 4.79 Å². The third-order valence-corrected chi connectivity index (χ3v) is 5.64. The van der Waals surface area contributed by atoms with Crippen molar-refractivity contribution in [3.05, 3.63) is 10.6 Å². The molecule has 0 spiro atoms. The first-order chi connectivity index (χ1) is 9.40. The summed E-state index contributed by atoms with van der Waals surface area (Å²) in [7, 11) is 0. The summed E-state index contributed by atoms with van der Waals surface area (Å²) in [6, 6.07) is -0.383. The van der Waals surface area contributed by atoms with E-state index in [0.29, 0.717) is 11.3 Å². The van der Waals surface area contributed by atoms with Gasteiger partial charge in [0.1, 0.15) is 11.1 Å². The molecular weight excluding hydrogens is 300 g/mol. The Balaban J connectivity index is 2.23. The van der Waals surface area contributed by atoms with Crippen LogP contribution in [-0.2, 0) is 9.59 Å². The van der Waals surface area contributed by atoms with E-state index in [9.17, 15) is 19.8 Å². The lowest BCUT2D eigenvalue weighted by Gasteiger charge is -2.43. The van der Waals surface area contributed by atoms with Gasteiger partial charge in [0.2, 0.25) is 5.91 Å². The maximum Gasteiger partial charge on any atom is 0.353 e. The Labute approximate surface area is 125 Å². The zero-order chi connectivity index (χ0) is 15.0. The molecule has 2 aliphatic heterocycles. The number of carbonyl (C=O) groups is 2. The van der Waals surface area contributed by atoms with E-state index in [4.69, 9.17) is 5.73 Å². The molecule has 1 amide bonds. The Hall–Kier alpha value is -0.700. The second-order valence-corrected chi connectivity index (χ2v) is 7.03. The second kappa shape index (κ2) is 5.97. The van der Waals surface area contributed by atoms with Crippen LogP contribution in [0.4, 0.5) is 0 Å². The van der Waals surface area contributed by atoms with Gasteiger partial charge in [-0.1, -0.05) is 11.8 Å². The number of thioether (sulfide) groups is 2. The van der Waals surface area contributed by atoms with Crippen molar-refractivity contribution in [2.45, 2.75) is 30.9 Å². The minimum Gasteiger partial charge on any atom is -0.477 e. The fourth-order valence-corrected chi connectivity index (χ4v) is 4.59. The minimum atomic E-state index is -1.13. The molecule has 0 radical (unpaired) electrons. The number of aliphatic hydroxyl groups excluding tert-OH is 1. The number of rotatable bonds is 6. The average molecular weight is 318 g/mol. The number of carboxylic acid groups (broad SMARTS) is 1. The molecule has 112 valence electrons. The number of fused-ring (bicyclic) bond motifs is 1. The van der Waals surface area contributed by atoms with Crippen LogP contribution in [0, 0.1) is 5.92 Å². The molecule has 0 aromatic rings. The van der Waals surface area contributed by atoms with Gasteiger partial charge in [0.05, 0.1) is 12.0 Å². The van der Waals surface area contributed by atoms with E-state index in [1.165, 1.54) is 16.7 Å². The van der Waals surface area contributed by atoms with Gasteiger partial charge < -0.3 is 15.9 Å². The number of carboxylic acids is 1. The van der Waals surface area contributed by atoms with Crippen LogP contribution in [0.2, 0.25) is 0 Å². The van der Waals surface area contributed by atoms with Crippen molar-refractivity contribution in [3.63, 3.8) is 0 Å². The molecule has 0 aromatic carbocycles. The molecule has 20 heavy (non-hydrogen) atoms. The molecule has 6 nitrogen and oxygen atoms in total. The number of carbonyl (C=O) groups excluding carboxylic acids is 1. The number of amides is 1. The second-order valence-electron chi connectivity index (χ2n) is 4.89. The minimum absolute atomic E-state index is 0.00416. The number of β-lactam (4-membered cyclic amide) rings is 1. The molecule has 0 aromatic heterocycles. The van der Waals surface area contributed by atoms with E-state index >= 15 is 0 Å². The Kier molecular flexibility index (Phi) is 4.68. The summed E-state index contributed by atoms with van der Waals surface area (Å²) in [6.45, 7) is 1.55. The standard InChI is InChI=1S/C12H18N2O4S2/c1-5(15)7-10(16)14-8(12(17)18)9(20-11(7)14)6(13)3-4-19-2/h5-7,11,15H,3-4,13H2,1-2H3,(H,17,18)/t5?,6-,7+,11+/m1/s1. The fraction of sp³-hybridized carbons (Fsp3) is 0.667. The molecule has 4 N–H and O–H groups in total. The van der Waals surface area contributed by atoms with Crippen LogP contribution in [0.3, 0.4) is 0 Å². The van der Waals surface area contributed by atoms with Crippen LogP contribution in [0.25, 0.3) is 0 Å². The van der Waals surface area contributed by atoms with Gasteiger partial charge >= 0.3 is 5.97 Å². The SMILES string of the molecule is CSCC[C@@H](N)C1=C(C(=O)O)N2C(=O)[C@H](C(C)O)[C@@H]2S1. The number of aliphatic carboxylic acids is 1. The number of aliphatic hydroxyl groups is 1. The van der Waals surface area contributed by atoms with Gasteiger partial charge in [-0.15, -0.1) is 0 Å². The van der Waals surface area contributed by atoms with Gasteiger partial charge in [-0.2, -0.15) is 11.8 Å². The van der Waals surface area contributed by atoms with E-state index < -0.39 is 18.0 Å². The van der Waals surface area contributed by atoms with Crippen LogP contribution in [0.1, 0.15) is 13.3 Å². The van der Waals surface area contributed by atoms with Crippen molar-refractivity contribution in [2.75, 3.05) is 12.0 Å². The molecule has 0 aliphatic carbocycles. The summed E-state index contributed by atoms with van der Waals surface area (Å²) in [5.41, 5.74) is 6.05. The summed E-state index contributed by atoms with van der Waals surface area (Å²) >= 11 is 2.95. The summed E-state index contributed by atoms with van der Waals surface area (Å²) in [6.07, 6.45) is 1.84. The predicted octanol–water partition coefficient (Wildman–Crippen LogP) is 0.275. The topological polar surface area (TPSA) is 104 Å². The van der Waals surface area contributed by atoms with E-state index in [2.05, 4.69) is 0 Å². The van der Waals surface area contributed by atoms with Gasteiger partial charge in [0.15, 0.2) is 0 Å². The zero-order valence-corrected chi connectivity index (χ0v) is 12.9. The lowest BCUT2D eigenvalue weighted by atomic mass is 9.92.